The third kappa shape index (κ3) is 3.99. The van der Waals surface area contributed by atoms with Gasteiger partial charge in [-0.05, 0) is 79.7 Å². The maximum Gasteiger partial charge on any atom is 0.494 e. The molecule has 1 aromatic heterocycles. The Morgan fingerprint density at radius 1 is 0.550 bits per heavy atom. The van der Waals surface area contributed by atoms with Crippen molar-refractivity contribution in [3.63, 3.8) is 0 Å². The summed E-state index contributed by atoms with van der Waals surface area (Å²) >= 11 is 0. The van der Waals surface area contributed by atoms with Crippen LogP contribution in [-0.2, 0) is 9.31 Å². The summed E-state index contributed by atoms with van der Waals surface area (Å²) in [7, 11) is -0.418. The summed E-state index contributed by atoms with van der Waals surface area (Å²) in [6.45, 7) is 8.41. The Balaban J connectivity index is 1.48. The second-order valence-corrected chi connectivity index (χ2v) is 11.7. The average Bonchev–Trinajstić information content (AvgIpc) is 3.42. The molecular formula is C36H32BNO2. The Hall–Kier alpha value is -4.12. The molecule has 0 bridgehead atoms. The first-order valence-corrected chi connectivity index (χ1v) is 14.0. The van der Waals surface area contributed by atoms with Crippen molar-refractivity contribution >= 4 is 34.4 Å². The number of aromatic nitrogens is 1. The standard InChI is InChI=1S/C36H32BNO2/c1-35(2)36(3,4)40-37(39-35)28-21-22-32-31(24-28)34-30(26-15-9-6-10-16-26)19-12-20-33(34)38(32)29-18-11-17-27(23-29)25-13-7-5-8-14-25/h5-24H,1-4H3. The zero-order chi connectivity index (χ0) is 27.5. The van der Waals surface area contributed by atoms with Crippen LogP contribution >= 0.6 is 0 Å². The number of hydrogen-bond acceptors (Lipinski definition) is 2. The van der Waals surface area contributed by atoms with Crippen LogP contribution in [0.15, 0.2) is 121 Å². The van der Waals surface area contributed by atoms with E-state index in [1.54, 1.807) is 0 Å². The van der Waals surface area contributed by atoms with Gasteiger partial charge in [0.15, 0.2) is 0 Å². The molecule has 2 heterocycles. The van der Waals surface area contributed by atoms with E-state index in [0.717, 1.165) is 16.7 Å². The highest BCUT2D eigenvalue weighted by Crippen LogP contribution is 2.40. The molecule has 0 atom stereocenters. The van der Waals surface area contributed by atoms with Gasteiger partial charge in [-0.1, -0.05) is 97.1 Å². The van der Waals surface area contributed by atoms with Gasteiger partial charge in [0.1, 0.15) is 0 Å². The van der Waals surface area contributed by atoms with Crippen molar-refractivity contribution in [2.24, 2.45) is 0 Å². The van der Waals surface area contributed by atoms with Gasteiger partial charge in [0.25, 0.3) is 0 Å². The smallest absolute Gasteiger partial charge is 0.399 e. The second kappa shape index (κ2) is 9.23. The van der Waals surface area contributed by atoms with Gasteiger partial charge >= 0.3 is 7.12 Å². The lowest BCUT2D eigenvalue weighted by molar-refractivity contribution is 0.00578. The highest BCUT2D eigenvalue weighted by atomic mass is 16.7. The van der Waals surface area contributed by atoms with E-state index in [1.807, 2.05) is 0 Å². The minimum atomic E-state index is -0.418. The third-order valence-corrected chi connectivity index (χ3v) is 8.64. The fourth-order valence-corrected chi connectivity index (χ4v) is 5.81. The van der Waals surface area contributed by atoms with Crippen molar-refractivity contribution in [1.82, 2.24) is 4.57 Å². The van der Waals surface area contributed by atoms with E-state index in [4.69, 9.17) is 9.31 Å². The molecule has 1 aliphatic heterocycles. The zero-order valence-corrected chi connectivity index (χ0v) is 23.4. The van der Waals surface area contributed by atoms with Gasteiger partial charge in [0, 0.05) is 16.5 Å². The van der Waals surface area contributed by atoms with E-state index in [9.17, 15) is 0 Å². The minimum absolute atomic E-state index is 0.395. The van der Waals surface area contributed by atoms with Crippen molar-refractivity contribution in [3.05, 3.63) is 121 Å². The maximum absolute atomic E-state index is 6.45. The molecule has 1 saturated heterocycles. The first-order chi connectivity index (χ1) is 19.3. The Morgan fingerprint density at radius 3 is 1.88 bits per heavy atom. The number of rotatable bonds is 4. The molecule has 0 saturated carbocycles. The molecule has 196 valence electrons. The van der Waals surface area contributed by atoms with Crippen molar-refractivity contribution in [1.29, 1.82) is 0 Å². The molecule has 6 aromatic rings. The lowest BCUT2D eigenvalue weighted by atomic mass is 9.78. The van der Waals surface area contributed by atoms with E-state index >= 15 is 0 Å². The highest BCUT2D eigenvalue weighted by molar-refractivity contribution is 6.62. The van der Waals surface area contributed by atoms with Crippen LogP contribution in [0.25, 0.3) is 49.7 Å². The number of hydrogen-bond donors (Lipinski definition) is 0. The summed E-state index contributed by atoms with van der Waals surface area (Å²) in [5.41, 5.74) is 8.52. The van der Waals surface area contributed by atoms with Crippen LogP contribution in [0.4, 0.5) is 0 Å². The van der Waals surface area contributed by atoms with Gasteiger partial charge in [-0.2, -0.15) is 0 Å². The minimum Gasteiger partial charge on any atom is -0.399 e. The molecule has 0 unspecified atom stereocenters. The van der Waals surface area contributed by atoms with Crippen LogP contribution in [0.5, 0.6) is 0 Å². The molecule has 0 spiro atoms. The van der Waals surface area contributed by atoms with Gasteiger partial charge < -0.3 is 13.9 Å². The fourth-order valence-electron chi connectivity index (χ4n) is 5.81. The Bertz CT molecular complexity index is 1840. The van der Waals surface area contributed by atoms with Crippen LogP contribution in [0, 0.1) is 0 Å². The summed E-state index contributed by atoms with van der Waals surface area (Å²) in [4.78, 5) is 0. The summed E-state index contributed by atoms with van der Waals surface area (Å²) < 4.78 is 15.3. The van der Waals surface area contributed by atoms with Crippen LogP contribution in [0.1, 0.15) is 27.7 Å². The molecule has 7 rings (SSSR count). The first-order valence-electron chi connectivity index (χ1n) is 14.0. The second-order valence-electron chi connectivity index (χ2n) is 11.7. The number of benzene rings is 5. The molecule has 0 amide bonds. The molecule has 0 aliphatic carbocycles. The quantitative estimate of drug-likeness (QED) is 0.218. The lowest BCUT2D eigenvalue weighted by Crippen LogP contribution is -2.41. The molecule has 4 heteroatoms. The average molecular weight is 521 g/mol. The Kier molecular flexibility index (Phi) is 5.74. The van der Waals surface area contributed by atoms with Gasteiger partial charge in [0.2, 0.25) is 0 Å². The van der Waals surface area contributed by atoms with E-state index in [0.29, 0.717) is 0 Å². The molecule has 1 fully saturated rings. The van der Waals surface area contributed by atoms with Crippen molar-refractivity contribution in [2.45, 2.75) is 38.9 Å². The van der Waals surface area contributed by atoms with Crippen LogP contribution in [0.2, 0.25) is 0 Å². The highest BCUT2D eigenvalue weighted by Gasteiger charge is 2.51. The predicted octanol–water partition coefficient (Wildman–Crippen LogP) is 8.42. The number of nitrogens with zero attached hydrogens (tertiary/aromatic N) is 1. The maximum atomic E-state index is 6.45. The molecule has 1 aliphatic rings. The third-order valence-electron chi connectivity index (χ3n) is 8.64. The predicted molar refractivity (Wildman–Crippen MR) is 167 cm³/mol. The van der Waals surface area contributed by atoms with Gasteiger partial charge in [0.05, 0.1) is 22.2 Å². The topological polar surface area (TPSA) is 23.4 Å². The fraction of sp³-hybridized carbons (Fsp3) is 0.167. The summed E-state index contributed by atoms with van der Waals surface area (Å²) in [6, 6.07) is 43.3. The zero-order valence-electron chi connectivity index (χ0n) is 23.4. The normalized spacial score (nSPS) is 16.1. The SMILES string of the molecule is CC1(C)OB(c2ccc3c(c2)c2c(-c4ccccc4)cccc2n3-c2cccc(-c3ccccc3)c2)OC1(C)C. The molecule has 40 heavy (non-hydrogen) atoms. The Labute approximate surface area is 236 Å². The van der Waals surface area contributed by atoms with E-state index < -0.39 is 18.3 Å². The van der Waals surface area contributed by atoms with Crippen molar-refractivity contribution in [3.8, 4) is 27.9 Å². The van der Waals surface area contributed by atoms with Gasteiger partial charge in [-0.3, -0.25) is 0 Å². The molecular weight excluding hydrogens is 489 g/mol. The van der Waals surface area contributed by atoms with Crippen LogP contribution < -0.4 is 5.46 Å². The van der Waals surface area contributed by atoms with Crippen molar-refractivity contribution < 1.29 is 9.31 Å². The number of fused-ring (bicyclic) bond motifs is 3. The molecule has 0 radical (unpaired) electrons. The van der Waals surface area contributed by atoms with Crippen LogP contribution in [0.3, 0.4) is 0 Å². The van der Waals surface area contributed by atoms with Crippen LogP contribution in [-0.4, -0.2) is 22.9 Å². The van der Waals surface area contributed by atoms with E-state index in [1.165, 1.54) is 38.5 Å². The van der Waals surface area contributed by atoms with Gasteiger partial charge in [-0.25, -0.2) is 0 Å². The largest absolute Gasteiger partial charge is 0.494 e. The Morgan fingerprint density at radius 2 is 1.18 bits per heavy atom. The summed E-state index contributed by atoms with van der Waals surface area (Å²) in [6.07, 6.45) is 0. The lowest BCUT2D eigenvalue weighted by Gasteiger charge is -2.32. The monoisotopic (exact) mass is 521 g/mol. The summed E-state index contributed by atoms with van der Waals surface area (Å²) in [5.74, 6) is 0. The van der Waals surface area contributed by atoms with E-state index in [-0.39, 0.29) is 0 Å². The summed E-state index contributed by atoms with van der Waals surface area (Å²) in [5, 5.41) is 2.42. The van der Waals surface area contributed by atoms with Crippen molar-refractivity contribution in [2.75, 3.05) is 0 Å². The van der Waals surface area contributed by atoms with E-state index in [2.05, 4.69) is 154 Å². The molecule has 0 N–H and O–H groups in total. The molecule has 5 aromatic carbocycles. The molecule has 3 nitrogen and oxygen atoms in total. The van der Waals surface area contributed by atoms with Gasteiger partial charge in [-0.15, -0.1) is 0 Å². The first kappa shape index (κ1) is 24.9.